The number of methoxy groups -OCH3 is 1. The first-order valence-electron chi connectivity index (χ1n) is 9.98. The summed E-state index contributed by atoms with van der Waals surface area (Å²) in [6, 6.07) is 7.06. The number of esters is 1. The van der Waals surface area contributed by atoms with Crippen LogP contribution in [0.1, 0.15) is 56.1 Å². The maximum Gasteiger partial charge on any atom is 0.419 e. The van der Waals surface area contributed by atoms with Crippen LogP contribution in [0.25, 0.3) is 10.9 Å². The van der Waals surface area contributed by atoms with Gasteiger partial charge in [0.25, 0.3) is 0 Å². The van der Waals surface area contributed by atoms with Crippen molar-refractivity contribution in [1.82, 2.24) is 4.57 Å². The predicted octanol–water partition coefficient (Wildman–Crippen LogP) is 4.30. The molecule has 158 valence electrons. The zero-order chi connectivity index (χ0) is 21.0. The van der Waals surface area contributed by atoms with E-state index in [0.717, 1.165) is 36.9 Å². The van der Waals surface area contributed by atoms with E-state index in [0.29, 0.717) is 24.1 Å². The third-order valence-corrected chi connectivity index (χ3v) is 4.68. The van der Waals surface area contributed by atoms with Crippen LogP contribution in [0.4, 0.5) is 4.79 Å². The summed E-state index contributed by atoms with van der Waals surface area (Å²) in [4.78, 5) is 24.9. The van der Waals surface area contributed by atoms with Gasteiger partial charge in [-0.15, -0.1) is 0 Å². The molecule has 0 N–H and O–H groups in total. The van der Waals surface area contributed by atoms with Gasteiger partial charge in [0.05, 0.1) is 24.8 Å². The topological polar surface area (TPSA) is 76.0 Å². The Morgan fingerprint density at radius 2 is 2.00 bits per heavy atom. The Morgan fingerprint density at radius 1 is 1.21 bits per heavy atom. The van der Waals surface area contributed by atoms with E-state index < -0.39 is 17.7 Å². The monoisotopic (exact) mass is 403 g/mol. The Balaban J connectivity index is 1.88. The lowest BCUT2D eigenvalue weighted by molar-refractivity contribution is -0.161. The maximum absolute atomic E-state index is 12.9. The van der Waals surface area contributed by atoms with Crippen molar-refractivity contribution < 1.29 is 28.5 Å². The van der Waals surface area contributed by atoms with E-state index in [1.165, 1.54) is 11.7 Å². The first-order valence-corrected chi connectivity index (χ1v) is 9.98. The van der Waals surface area contributed by atoms with Gasteiger partial charge in [0.15, 0.2) is 6.29 Å². The molecule has 1 atom stereocenters. The second kappa shape index (κ2) is 8.97. The Hall–Kier alpha value is -2.38. The number of rotatable bonds is 5. The molecule has 1 unspecified atom stereocenters. The van der Waals surface area contributed by atoms with E-state index in [2.05, 4.69) is 0 Å². The number of ether oxygens (including phenoxy) is 4. The highest BCUT2D eigenvalue weighted by molar-refractivity contribution is 5.97. The first kappa shape index (κ1) is 21.3. The first-order chi connectivity index (χ1) is 13.8. The number of carbonyl (C=O) groups excluding carboxylic acids is 2. The number of nitrogens with zero attached hydrogens (tertiary/aromatic N) is 1. The van der Waals surface area contributed by atoms with Crippen LogP contribution in [0.15, 0.2) is 24.3 Å². The molecule has 7 heteroatoms. The fourth-order valence-corrected chi connectivity index (χ4v) is 3.35. The summed E-state index contributed by atoms with van der Waals surface area (Å²) < 4.78 is 23.4. The molecule has 1 aromatic heterocycles. The Morgan fingerprint density at radius 3 is 2.66 bits per heavy atom. The van der Waals surface area contributed by atoms with Gasteiger partial charge in [-0.2, -0.15) is 0 Å². The van der Waals surface area contributed by atoms with E-state index in [-0.39, 0.29) is 6.29 Å². The molecular weight excluding hydrogens is 374 g/mol. The molecule has 7 nitrogen and oxygen atoms in total. The normalized spacial score (nSPS) is 17.3. The molecule has 0 bridgehead atoms. The van der Waals surface area contributed by atoms with Gasteiger partial charge in [-0.1, -0.05) is 6.07 Å². The maximum atomic E-state index is 12.9. The van der Waals surface area contributed by atoms with Gasteiger partial charge in [0, 0.05) is 24.1 Å². The standard InChI is InChI=1S/C22H29NO6/c1-22(2,3)29-21(25)23-17(10-12-28-19-7-5-6-11-27-19)13-15-8-9-16(14-18(15)23)20(24)26-4/h8-9,13-14,19H,5-7,10-12H2,1-4H3. The molecule has 29 heavy (non-hydrogen) atoms. The second-order valence-electron chi connectivity index (χ2n) is 8.13. The number of aromatic nitrogens is 1. The molecule has 1 aliphatic heterocycles. The van der Waals surface area contributed by atoms with Crippen LogP contribution in [0.3, 0.4) is 0 Å². The minimum atomic E-state index is -0.642. The molecule has 1 fully saturated rings. The van der Waals surface area contributed by atoms with E-state index in [9.17, 15) is 9.59 Å². The summed E-state index contributed by atoms with van der Waals surface area (Å²) >= 11 is 0. The third-order valence-electron chi connectivity index (χ3n) is 4.68. The van der Waals surface area contributed by atoms with Crippen molar-refractivity contribution in [3.63, 3.8) is 0 Å². The van der Waals surface area contributed by atoms with Crippen LogP contribution < -0.4 is 0 Å². The van der Waals surface area contributed by atoms with Gasteiger partial charge in [-0.3, -0.25) is 0 Å². The average Bonchev–Trinajstić information content (AvgIpc) is 3.04. The summed E-state index contributed by atoms with van der Waals surface area (Å²) in [6.45, 7) is 6.60. The lowest BCUT2D eigenvalue weighted by Gasteiger charge is -2.23. The lowest BCUT2D eigenvalue weighted by Crippen LogP contribution is -2.28. The quantitative estimate of drug-likeness (QED) is 0.693. The van der Waals surface area contributed by atoms with Crippen molar-refractivity contribution in [3.05, 3.63) is 35.5 Å². The van der Waals surface area contributed by atoms with E-state index in [1.807, 2.05) is 26.8 Å². The van der Waals surface area contributed by atoms with Crippen molar-refractivity contribution in [1.29, 1.82) is 0 Å². The number of hydrogen-bond acceptors (Lipinski definition) is 6. The van der Waals surface area contributed by atoms with Crippen LogP contribution in [-0.4, -0.2) is 48.8 Å². The molecule has 0 spiro atoms. The predicted molar refractivity (Wildman–Crippen MR) is 108 cm³/mol. The minimum Gasteiger partial charge on any atom is -0.465 e. The lowest BCUT2D eigenvalue weighted by atomic mass is 10.1. The van der Waals surface area contributed by atoms with E-state index in [1.54, 1.807) is 18.2 Å². The molecule has 3 rings (SSSR count). The van der Waals surface area contributed by atoms with Gasteiger partial charge >= 0.3 is 12.1 Å². The zero-order valence-electron chi connectivity index (χ0n) is 17.5. The van der Waals surface area contributed by atoms with E-state index >= 15 is 0 Å². The molecule has 0 radical (unpaired) electrons. The Bertz CT molecular complexity index is 873. The Labute approximate surface area is 170 Å². The van der Waals surface area contributed by atoms with Crippen LogP contribution in [0.5, 0.6) is 0 Å². The van der Waals surface area contributed by atoms with Gasteiger partial charge in [-0.25, -0.2) is 14.2 Å². The Kier molecular flexibility index (Phi) is 6.59. The molecule has 1 aliphatic rings. The fraction of sp³-hybridized carbons (Fsp3) is 0.545. The molecule has 0 aliphatic carbocycles. The van der Waals surface area contributed by atoms with Crippen LogP contribution in [0.2, 0.25) is 0 Å². The molecule has 2 aromatic rings. The highest BCUT2D eigenvalue weighted by Crippen LogP contribution is 2.24. The van der Waals surface area contributed by atoms with Crippen molar-refractivity contribution in [3.8, 4) is 0 Å². The third kappa shape index (κ3) is 5.36. The number of benzene rings is 1. The number of fused-ring (bicyclic) bond motifs is 1. The highest BCUT2D eigenvalue weighted by Gasteiger charge is 2.23. The summed E-state index contributed by atoms with van der Waals surface area (Å²) in [7, 11) is 1.33. The van der Waals surface area contributed by atoms with Gasteiger partial charge < -0.3 is 18.9 Å². The van der Waals surface area contributed by atoms with Crippen LogP contribution in [-0.2, 0) is 25.4 Å². The van der Waals surface area contributed by atoms with Gasteiger partial charge in [-0.05, 0) is 58.2 Å². The molecule has 0 saturated carbocycles. The van der Waals surface area contributed by atoms with Gasteiger partial charge in [0.1, 0.15) is 5.60 Å². The average molecular weight is 403 g/mol. The number of hydrogen-bond donors (Lipinski definition) is 0. The van der Waals surface area contributed by atoms with Crippen molar-refractivity contribution in [2.45, 2.75) is 58.3 Å². The van der Waals surface area contributed by atoms with Crippen molar-refractivity contribution >= 4 is 23.0 Å². The SMILES string of the molecule is COC(=O)c1ccc2cc(CCOC3CCCCO3)n(C(=O)OC(C)(C)C)c2c1. The summed E-state index contributed by atoms with van der Waals surface area (Å²) in [5.41, 5.74) is 1.09. The summed E-state index contributed by atoms with van der Waals surface area (Å²) in [5, 5.41) is 0.840. The molecular formula is C22H29NO6. The molecule has 0 amide bonds. The van der Waals surface area contributed by atoms with Gasteiger partial charge in [0.2, 0.25) is 0 Å². The minimum absolute atomic E-state index is 0.186. The zero-order valence-corrected chi connectivity index (χ0v) is 17.5. The van der Waals surface area contributed by atoms with Crippen molar-refractivity contribution in [2.24, 2.45) is 0 Å². The molecule has 2 heterocycles. The second-order valence-corrected chi connectivity index (χ2v) is 8.13. The van der Waals surface area contributed by atoms with Crippen molar-refractivity contribution in [2.75, 3.05) is 20.3 Å². The molecule has 1 aromatic carbocycles. The highest BCUT2D eigenvalue weighted by atomic mass is 16.7. The fourth-order valence-electron chi connectivity index (χ4n) is 3.35. The van der Waals surface area contributed by atoms with E-state index in [4.69, 9.17) is 18.9 Å². The van der Waals surface area contributed by atoms with Crippen LogP contribution in [0, 0.1) is 0 Å². The largest absolute Gasteiger partial charge is 0.465 e. The number of carbonyl (C=O) groups is 2. The van der Waals surface area contributed by atoms with Crippen LogP contribution >= 0.6 is 0 Å². The summed E-state index contributed by atoms with van der Waals surface area (Å²) in [6.07, 6.45) is 2.89. The smallest absolute Gasteiger partial charge is 0.419 e. The molecule has 1 saturated heterocycles. The summed E-state index contributed by atoms with van der Waals surface area (Å²) in [5.74, 6) is -0.455.